The van der Waals surface area contributed by atoms with Crippen LogP contribution in [0.15, 0.2) is 17.2 Å². The average Bonchev–Trinajstić information content (AvgIpc) is 2.15. The predicted octanol–water partition coefficient (Wildman–Crippen LogP) is 2.76. The zero-order valence-corrected chi connectivity index (χ0v) is 8.69. The van der Waals surface area contributed by atoms with Gasteiger partial charge in [0.2, 0.25) is 0 Å². The van der Waals surface area contributed by atoms with E-state index < -0.39 is 0 Å². The molecule has 1 heterocycles. The zero-order chi connectivity index (χ0) is 9.68. The molecule has 0 atom stereocenters. The molecule has 0 radical (unpaired) electrons. The molecule has 13 heavy (non-hydrogen) atoms. The summed E-state index contributed by atoms with van der Waals surface area (Å²) in [5.41, 5.74) is 1.65. The molecule has 0 saturated heterocycles. The second-order valence-corrected chi connectivity index (χ2v) is 3.85. The second kappa shape index (κ2) is 4.88. The van der Waals surface area contributed by atoms with E-state index in [0.29, 0.717) is 5.56 Å². The Balaban J connectivity index is 2.89. The predicted molar refractivity (Wildman–Crippen MR) is 54.7 cm³/mol. The number of hydrogen-bond donors (Lipinski definition) is 0. The van der Waals surface area contributed by atoms with E-state index in [0.717, 1.165) is 22.9 Å². The Hall–Kier alpha value is -1.01. The lowest BCUT2D eigenvalue weighted by Gasteiger charge is -2.02. The molecule has 3 heteroatoms. The normalized spacial score (nSPS) is 9.62. The molecule has 0 fully saturated rings. The standard InChI is InChI=1S/C10H12N2S/c1-3-6-13-10-9(7-11)5-4-8(2)12-10/h4-5H,3,6H2,1-2H3. The van der Waals surface area contributed by atoms with E-state index in [1.54, 1.807) is 11.8 Å². The third-order valence-corrected chi connectivity index (χ3v) is 2.76. The van der Waals surface area contributed by atoms with E-state index in [4.69, 9.17) is 5.26 Å². The van der Waals surface area contributed by atoms with Crippen molar-refractivity contribution in [3.8, 4) is 6.07 Å². The van der Waals surface area contributed by atoms with Gasteiger partial charge in [0.1, 0.15) is 11.1 Å². The van der Waals surface area contributed by atoms with E-state index in [1.807, 2.05) is 19.1 Å². The van der Waals surface area contributed by atoms with E-state index in [2.05, 4.69) is 18.0 Å². The summed E-state index contributed by atoms with van der Waals surface area (Å²) < 4.78 is 0. The Morgan fingerprint density at radius 2 is 2.31 bits per heavy atom. The van der Waals surface area contributed by atoms with Crippen LogP contribution in [0, 0.1) is 18.3 Å². The minimum Gasteiger partial charge on any atom is -0.245 e. The molecule has 68 valence electrons. The Morgan fingerprint density at radius 1 is 1.54 bits per heavy atom. The first-order valence-corrected chi connectivity index (χ1v) is 5.27. The highest BCUT2D eigenvalue weighted by Gasteiger charge is 2.03. The summed E-state index contributed by atoms with van der Waals surface area (Å²) in [6, 6.07) is 5.85. The van der Waals surface area contributed by atoms with Crippen LogP contribution in [-0.2, 0) is 0 Å². The van der Waals surface area contributed by atoms with Gasteiger partial charge in [-0.3, -0.25) is 0 Å². The summed E-state index contributed by atoms with van der Waals surface area (Å²) in [4.78, 5) is 4.32. The first kappa shape index (κ1) is 10.1. The summed E-state index contributed by atoms with van der Waals surface area (Å²) in [6.45, 7) is 4.06. The molecule has 0 aromatic carbocycles. The molecule has 1 aromatic rings. The Kier molecular flexibility index (Phi) is 3.78. The quantitative estimate of drug-likeness (QED) is 0.691. The van der Waals surface area contributed by atoms with Gasteiger partial charge >= 0.3 is 0 Å². The van der Waals surface area contributed by atoms with Crippen molar-refractivity contribution >= 4 is 11.8 Å². The molecule has 1 rings (SSSR count). The highest BCUT2D eigenvalue weighted by atomic mass is 32.2. The zero-order valence-electron chi connectivity index (χ0n) is 7.87. The first-order chi connectivity index (χ1) is 6.27. The van der Waals surface area contributed by atoms with Crippen LogP contribution in [-0.4, -0.2) is 10.7 Å². The fourth-order valence-corrected chi connectivity index (χ4v) is 1.80. The first-order valence-electron chi connectivity index (χ1n) is 4.28. The number of aromatic nitrogens is 1. The van der Waals surface area contributed by atoms with Crippen molar-refractivity contribution in [2.75, 3.05) is 5.75 Å². The molecular weight excluding hydrogens is 180 g/mol. The van der Waals surface area contributed by atoms with Crippen molar-refractivity contribution in [1.82, 2.24) is 4.98 Å². The number of nitriles is 1. The van der Waals surface area contributed by atoms with Gasteiger partial charge in [-0.1, -0.05) is 6.92 Å². The molecule has 0 bridgehead atoms. The van der Waals surface area contributed by atoms with Gasteiger partial charge in [0, 0.05) is 5.69 Å². The molecule has 2 nitrogen and oxygen atoms in total. The molecule has 0 unspecified atom stereocenters. The lowest BCUT2D eigenvalue weighted by molar-refractivity contribution is 1.04. The van der Waals surface area contributed by atoms with Gasteiger partial charge in [-0.05, 0) is 31.2 Å². The monoisotopic (exact) mass is 192 g/mol. The van der Waals surface area contributed by atoms with E-state index in [-0.39, 0.29) is 0 Å². The SMILES string of the molecule is CCCSc1nc(C)ccc1C#N. The van der Waals surface area contributed by atoms with Gasteiger partial charge in [0.15, 0.2) is 0 Å². The maximum absolute atomic E-state index is 8.81. The van der Waals surface area contributed by atoms with Gasteiger partial charge in [0.25, 0.3) is 0 Å². The topological polar surface area (TPSA) is 36.7 Å². The third-order valence-electron chi connectivity index (χ3n) is 1.56. The van der Waals surface area contributed by atoms with Crippen molar-refractivity contribution in [2.45, 2.75) is 25.3 Å². The minimum absolute atomic E-state index is 0.684. The van der Waals surface area contributed by atoms with Crippen LogP contribution in [0.3, 0.4) is 0 Å². The fourth-order valence-electron chi connectivity index (χ4n) is 0.927. The Labute approximate surface area is 83.0 Å². The van der Waals surface area contributed by atoms with E-state index in [9.17, 15) is 0 Å². The largest absolute Gasteiger partial charge is 0.245 e. The van der Waals surface area contributed by atoms with Crippen molar-refractivity contribution in [2.24, 2.45) is 0 Å². The van der Waals surface area contributed by atoms with Gasteiger partial charge < -0.3 is 0 Å². The van der Waals surface area contributed by atoms with Crippen LogP contribution < -0.4 is 0 Å². The Morgan fingerprint density at radius 3 is 2.92 bits per heavy atom. The molecule has 0 aliphatic heterocycles. The molecule has 0 spiro atoms. The van der Waals surface area contributed by atoms with Gasteiger partial charge in [-0.2, -0.15) is 5.26 Å². The third kappa shape index (κ3) is 2.74. The summed E-state index contributed by atoms with van der Waals surface area (Å²) in [5, 5.41) is 9.67. The minimum atomic E-state index is 0.684. The van der Waals surface area contributed by atoms with Gasteiger partial charge in [-0.15, -0.1) is 11.8 Å². The maximum atomic E-state index is 8.81. The van der Waals surface area contributed by atoms with Crippen molar-refractivity contribution < 1.29 is 0 Å². The molecule has 0 amide bonds. The molecule has 0 saturated carbocycles. The van der Waals surface area contributed by atoms with Crippen LogP contribution in [0.5, 0.6) is 0 Å². The van der Waals surface area contributed by atoms with Gasteiger partial charge in [0.05, 0.1) is 5.56 Å². The number of aryl methyl sites for hydroxylation is 1. The second-order valence-electron chi connectivity index (χ2n) is 2.77. The van der Waals surface area contributed by atoms with E-state index >= 15 is 0 Å². The van der Waals surface area contributed by atoms with Crippen LogP contribution >= 0.6 is 11.8 Å². The van der Waals surface area contributed by atoms with Crippen molar-refractivity contribution in [3.05, 3.63) is 23.4 Å². The summed E-state index contributed by atoms with van der Waals surface area (Å²) in [7, 11) is 0. The van der Waals surface area contributed by atoms with Crippen LogP contribution in [0.2, 0.25) is 0 Å². The van der Waals surface area contributed by atoms with Crippen LogP contribution in [0.1, 0.15) is 24.6 Å². The molecule has 0 N–H and O–H groups in total. The van der Waals surface area contributed by atoms with Crippen molar-refractivity contribution in [3.63, 3.8) is 0 Å². The van der Waals surface area contributed by atoms with Crippen LogP contribution in [0.4, 0.5) is 0 Å². The lowest BCUT2D eigenvalue weighted by atomic mass is 10.3. The summed E-state index contributed by atoms with van der Waals surface area (Å²) in [5.74, 6) is 1.02. The number of rotatable bonds is 3. The smallest absolute Gasteiger partial charge is 0.114 e. The van der Waals surface area contributed by atoms with Crippen LogP contribution in [0.25, 0.3) is 0 Å². The van der Waals surface area contributed by atoms with Gasteiger partial charge in [-0.25, -0.2) is 4.98 Å². The summed E-state index contributed by atoms with van der Waals surface area (Å²) in [6.07, 6.45) is 1.10. The van der Waals surface area contributed by atoms with E-state index in [1.165, 1.54) is 0 Å². The summed E-state index contributed by atoms with van der Waals surface area (Å²) >= 11 is 1.65. The Bertz CT molecular complexity index is 328. The molecule has 1 aromatic heterocycles. The molecule has 0 aliphatic carbocycles. The highest BCUT2D eigenvalue weighted by Crippen LogP contribution is 2.20. The highest BCUT2D eigenvalue weighted by molar-refractivity contribution is 7.99. The average molecular weight is 192 g/mol. The molecular formula is C10H12N2S. The number of hydrogen-bond acceptors (Lipinski definition) is 3. The fraction of sp³-hybridized carbons (Fsp3) is 0.400. The number of thioether (sulfide) groups is 1. The number of pyridine rings is 1. The van der Waals surface area contributed by atoms with Crippen molar-refractivity contribution in [1.29, 1.82) is 5.26 Å². The maximum Gasteiger partial charge on any atom is 0.114 e. The molecule has 0 aliphatic rings. The number of nitrogens with zero attached hydrogens (tertiary/aromatic N) is 2. The lowest BCUT2D eigenvalue weighted by Crippen LogP contribution is -1.90.